The number of hydrogen-bond donors (Lipinski definition) is 2. The minimum absolute atomic E-state index is 0.00460. The van der Waals surface area contributed by atoms with E-state index in [4.69, 9.17) is 4.74 Å². The van der Waals surface area contributed by atoms with Crippen LogP contribution in [0.4, 0.5) is 13.2 Å². The van der Waals surface area contributed by atoms with Gasteiger partial charge in [0, 0.05) is 17.8 Å². The SMILES string of the molecule is O=C(NC1(CO)CCCCC1)c1cc(OCC(F)(F)F)c(C2CC2)cn1. The van der Waals surface area contributed by atoms with E-state index in [1.165, 1.54) is 12.3 Å². The molecular weight excluding hydrogens is 349 g/mol. The molecule has 1 amide bonds. The largest absolute Gasteiger partial charge is 0.484 e. The monoisotopic (exact) mass is 372 g/mol. The van der Waals surface area contributed by atoms with Gasteiger partial charge in [-0.1, -0.05) is 19.3 Å². The van der Waals surface area contributed by atoms with Gasteiger partial charge in [0.05, 0.1) is 12.1 Å². The number of halogens is 3. The van der Waals surface area contributed by atoms with Crippen molar-refractivity contribution in [3.63, 3.8) is 0 Å². The van der Waals surface area contributed by atoms with Gasteiger partial charge in [-0.3, -0.25) is 9.78 Å². The Kier molecular flexibility index (Phi) is 5.41. The first-order valence-corrected chi connectivity index (χ1v) is 8.95. The van der Waals surface area contributed by atoms with Crippen LogP contribution in [0.2, 0.25) is 0 Å². The molecule has 2 saturated carbocycles. The standard InChI is InChI=1S/C18H23F3N2O3/c19-18(20,21)11-26-15-8-14(22-9-13(15)12-4-5-12)16(25)23-17(10-24)6-2-1-3-7-17/h8-9,12,24H,1-7,10-11H2,(H,23,25). The Labute approximate surface area is 149 Å². The Balaban J connectivity index is 1.77. The zero-order valence-electron chi connectivity index (χ0n) is 14.4. The number of carbonyl (C=O) groups is 1. The third kappa shape index (κ3) is 4.66. The number of nitrogens with zero attached hydrogens (tertiary/aromatic N) is 1. The fraction of sp³-hybridized carbons (Fsp3) is 0.667. The molecule has 0 aliphatic heterocycles. The molecule has 0 radical (unpaired) electrons. The second kappa shape index (κ2) is 7.42. The molecule has 0 unspecified atom stereocenters. The smallest absolute Gasteiger partial charge is 0.422 e. The zero-order valence-corrected chi connectivity index (χ0v) is 14.4. The van der Waals surface area contributed by atoms with E-state index >= 15 is 0 Å². The van der Waals surface area contributed by atoms with Crippen molar-refractivity contribution in [1.82, 2.24) is 10.3 Å². The van der Waals surface area contributed by atoms with E-state index < -0.39 is 24.2 Å². The predicted molar refractivity (Wildman–Crippen MR) is 88.1 cm³/mol. The van der Waals surface area contributed by atoms with Gasteiger partial charge in [0.2, 0.25) is 0 Å². The molecular formula is C18H23F3N2O3. The maximum absolute atomic E-state index is 12.6. The average molecular weight is 372 g/mol. The van der Waals surface area contributed by atoms with Crippen LogP contribution in [0.15, 0.2) is 12.3 Å². The maximum Gasteiger partial charge on any atom is 0.422 e. The van der Waals surface area contributed by atoms with Crippen molar-refractivity contribution in [2.24, 2.45) is 0 Å². The zero-order chi connectivity index (χ0) is 18.8. The van der Waals surface area contributed by atoms with Gasteiger partial charge < -0.3 is 15.2 Å². The third-order valence-electron chi connectivity index (χ3n) is 5.03. The minimum Gasteiger partial charge on any atom is -0.484 e. The number of nitrogens with one attached hydrogen (secondary N) is 1. The van der Waals surface area contributed by atoms with Crippen LogP contribution in [0, 0.1) is 0 Å². The van der Waals surface area contributed by atoms with Gasteiger partial charge in [-0.15, -0.1) is 0 Å². The molecule has 144 valence electrons. The molecule has 0 bridgehead atoms. The van der Waals surface area contributed by atoms with E-state index in [0.717, 1.165) is 32.1 Å². The summed E-state index contributed by atoms with van der Waals surface area (Å²) < 4.78 is 42.5. The van der Waals surface area contributed by atoms with Crippen molar-refractivity contribution in [3.05, 3.63) is 23.5 Å². The molecule has 0 saturated heterocycles. The van der Waals surface area contributed by atoms with E-state index in [-0.39, 0.29) is 24.0 Å². The number of aliphatic hydroxyl groups excluding tert-OH is 1. The Morgan fingerprint density at radius 1 is 1.31 bits per heavy atom. The predicted octanol–water partition coefficient (Wildman–Crippen LogP) is 3.33. The number of hydrogen-bond acceptors (Lipinski definition) is 4. The van der Waals surface area contributed by atoms with Crippen molar-refractivity contribution in [1.29, 1.82) is 0 Å². The summed E-state index contributed by atoms with van der Waals surface area (Å²) in [6.45, 7) is -1.57. The van der Waals surface area contributed by atoms with E-state index in [1.54, 1.807) is 0 Å². The summed E-state index contributed by atoms with van der Waals surface area (Å²) in [7, 11) is 0. The molecule has 2 aliphatic rings. The molecule has 2 aliphatic carbocycles. The van der Waals surface area contributed by atoms with Crippen molar-refractivity contribution in [2.45, 2.75) is 62.6 Å². The summed E-state index contributed by atoms with van der Waals surface area (Å²) in [5.41, 5.74) is -0.0654. The lowest BCUT2D eigenvalue weighted by atomic mass is 9.82. The number of ether oxygens (including phenoxy) is 1. The Morgan fingerprint density at radius 3 is 2.58 bits per heavy atom. The van der Waals surface area contributed by atoms with Gasteiger partial charge in [-0.05, 0) is 31.6 Å². The lowest BCUT2D eigenvalue weighted by Crippen LogP contribution is -2.52. The highest BCUT2D eigenvalue weighted by Crippen LogP contribution is 2.44. The van der Waals surface area contributed by atoms with Crippen molar-refractivity contribution >= 4 is 5.91 Å². The Hall–Kier alpha value is -1.83. The first kappa shape index (κ1) is 18.9. The van der Waals surface area contributed by atoms with Crippen LogP contribution in [-0.2, 0) is 0 Å². The van der Waals surface area contributed by atoms with Crippen molar-refractivity contribution in [2.75, 3.05) is 13.2 Å². The third-order valence-corrected chi connectivity index (χ3v) is 5.03. The second-order valence-electron chi connectivity index (χ2n) is 7.24. The molecule has 2 N–H and O–H groups in total. The maximum atomic E-state index is 12.6. The highest BCUT2D eigenvalue weighted by molar-refractivity contribution is 5.93. The first-order valence-electron chi connectivity index (χ1n) is 8.95. The van der Waals surface area contributed by atoms with Crippen LogP contribution in [0.1, 0.15) is 66.9 Å². The number of aromatic nitrogens is 1. The van der Waals surface area contributed by atoms with Crippen LogP contribution < -0.4 is 10.1 Å². The van der Waals surface area contributed by atoms with Crippen LogP contribution in [-0.4, -0.2) is 40.9 Å². The van der Waals surface area contributed by atoms with Gasteiger partial charge in [0.15, 0.2) is 6.61 Å². The van der Waals surface area contributed by atoms with E-state index in [1.807, 2.05) is 0 Å². The summed E-state index contributed by atoms with van der Waals surface area (Å²) in [5, 5.41) is 12.5. The molecule has 3 rings (SSSR count). The molecule has 2 fully saturated rings. The Bertz CT molecular complexity index is 654. The normalized spacial score (nSPS) is 19.8. The number of amides is 1. The van der Waals surface area contributed by atoms with Crippen LogP contribution in [0.5, 0.6) is 5.75 Å². The van der Waals surface area contributed by atoms with Crippen LogP contribution in [0.3, 0.4) is 0 Å². The van der Waals surface area contributed by atoms with Crippen LogP contribution >= 0.6 is 0 Å². The highest BCUT2D eigenvalue weighted by atomic mass is 19.4. The van der Waals surface area contributed by atoms with Gasteiger partial charge in [0.25, 0.3) is 5.91 Å². The van der Waals surface area contributed by atoms with E-state index in [9.17, 15) is 23.1 Å². The van der Waals surface area contributed by atoms with E-state index in [0.29, 0.717) is 18.4 Å². The molecule has 8 heteroatoms. The van der Waals surface area contributed by atoms with Gasteiger partial charge in [0.1, 0.15) is 11.4 Å². The summed E-state index contributed by atoms with van der Waals surface area (Å²) in [6.07, 6.45) is 2.97. The topological polar surface area (TPSA) is 71.5 Å². The van der Waals surface area contributed by atoms with Gasteiger partial charge in [-0.2, -0.15) is 13.2 Å². The fourth-order valence-corrected chi connectivity index (χ4v) is 3.41. The average Bonchev–Trinajstić information content (AvgIpc) is 3.45. The molecule has 0 aromatic carbocycles. The number of rotatable bonds is 6. The quantitative estimate of drug-likeness (QED) is 0.804. The molecule has 5 nitrogen and oxygen atoms in total. The first-order chi connectivity index (χ1) is 12.3. The summed E-state index contributed by atoms with van der Waals surface area (Å²) in [5.74, 6) is -0.295. The molecule has 0 atom stereocenters. The molecule has 26 heavy (non-hydrogen) atoms. The lowest BCUT2D eigenvalue weighted by Gasteiger charge is -2.36. The second-order valence-corrected chi connectivity index (χ2v) is 7.24. The number of aliphatic hydroxyl groups is 1. The lowest BCUT2D eigenvalue weighted by molar-refractivity contribution is -0.153. The van der Waals surface area contributed by atoms with Crippen molar-refractivity contribution < 1.29 is 27.8 Å². The van der Waals surface area contributed by atoms with Gasteiger partial charge >= 0.3 is 6.18 Å². The number of alkyl halides is 3. The summed E-state index contributed by atoms with van der Waals surface area (Å²) in [6, 6.07) is 1.28. The van der Waals surface area contributed by atoms with E-state index in [2.05, 4.69) is 10.3 Å². The number of carbonyl (C=O) groups excluding carboxylic acids is 1. The summed E-state index contributed by atoms with van der Waals surface area (Å²) in [4.78, 5) is 16.7. The number of pyridine rings is 1. The van der Waals surface area contributed by atoms with Crippen molar-refractivity contribution in [3.8, 4) is 5.75 Å². The molecule has 1 heterocycles. The van der Waals surface area contributed by atoms with Gasteiger partial charge in [-0.25, -0.2) is 0 Å². The minimum atomic E-state index is -4.45. The summed E-state index contributed by atoms with van der Waals surface area (Å²) >= 11 is 0. The molecule has 0 spiro atoms. The molecule has 1 aromatic rings. The Morgan fingerprint density at radius 2 is 2.00 bits per heavy atom. The highest BCUT2D eigenvalue weighted by Gasteiger charge is 2.35. The molecule has 1 aromatic heterocycles. The van der Waals surface area contributed by atoms with Crippen LogP contribution in [0.25, 0.3) is 0 Å². The fourth-order valence-electron chi connectivity index (χ4n) is 3.41.